The van der Waals surface area contributed by atoms with Gasteiger partial charge in [0.25, 0.3) is 20.2 Å². The van der Waals surface area contributed by atoms with Crippen molar-refractivity contribution in [1.82, 2.24) is 0 Å². The molecule has 0 rings (SSSR count). The number of rotatable bonds is 21. The zero-order valence-electron chi connectivity index (χ0n) is 27.7. The fourth-order valence-electron chi connectivity index (χ4n) is 4.45. The first-order chi connectivity index (χ1) is 19.0. The summed E-state index contributed by atoms with van der Waals surface area (Å²) in [5.41, 5.74) is 2.17. The second-order valence-corrected chi connectivity index (χ2v) is 16.0. The van der Waals surface area contributed by atoms with Crippen LogP contribution < -0.4 is 0 Å². The number of unbranched alkanes of at least 4 members (excludes halogenated alkanes) is 1. The van der Waals surface area contributed by atoms with Gasteiger partial charge in [-0.3, -0.25) is 8.37 Å². The van der Waals surface area contributed by atoms with Crippen molar-refractivity contribution in [3.05, 3.63) is 46.6 Å². The maximum atomic E-state index is 11.8. The molecule has 0 saturated carbocycles. The largest absolute Gasteiger partial charge is 0.388 e. The van der Waals surface area contributed by atoms with Gasteiger partial charge in [-0.15, -0.1) is 0 Å². The first kappa shape index (κ1) is 40.7. The van der Waals surface area contributed by atoms with E-state index in [1.54, 1.807) is 20.8 Å². The van der Waals surface area contributed by atoms with Crippen molar-refractivity contribution in [2.24, 2.45) is 0 Å². The molecule has 0 unspecified atom stereocenters. The van der Waals surface area contributed by atoms with E-state index < -0.39 is 43.6 Å². The second kappa shape index (κ2) is 18.5. The molecule has 0 aromatic heterocycles. The fraction of sp³-hybridized carbons (Fsp3) is 0.750. The quantitative estimate of drug-likeness (QED) is 0.0793. The third kappa shape index (κ3) is 21.4. The van der Waals surface area contributed by atoms with Gasteiger partial charge in [0.05, 0.1) is 23.7 Å². The lowest BCUT2D eigenvalue weighted by Crippen LogP contribution is -2.42. The van der Waals surface area contributed by atoms with Crippen molar-refractivity contribution in [3.8, 4) is 0 Å². The van der Waals surface area contributed by atoms with E-state index >= 15 is 0 Å². The third-order valence-corrected chi connectivity index (χ3v) is 8.22. The number of hydrogen-bond donors (Lipinski definition) is 2. The molecule has 42 heavy (non-hydrogen) atoms. The van der Waals surface area contributed by atoms with E-state index in [0.29, 0.717) is 38.5 Å². The van der Waals surface area contributed by atoms with Crippen LogP contribution in [0.1, 0.15) is 120 Å². The molecule has 3 atom stereocenters. The Kier molecular flexibility index (Phi) is 17.9. The van der Waals surface area contributed by atoms with Crippen molar-refractivity contribution in [1.29, 1.82) is 0 Å². The van der Waals surface area contributed by atoms with Crippen molar-refractivity contribution >= 4 is 20.2 Å². The molecule has 0 aliphatic heterocycles. The number of allylic oxidation sites excluding steroid dienone is 8. The van der Waals surface area contributed by atoms with E-state index in [1.165, 1.54) is 5.57 Å². The highest BCUT2D eigenvalue weighted by Crippen LogP contribution is 2.27. The Bertz CT molecular complexity index is 1150. The molecule has 0 fully saturated rings. The molecule has 0 radical (unpaired) electrons. The maximum Gasteiger partial charge on any atom is 0.264 e. The Hall–Kier alpha value is -1.30. The zero-order chi connectivity index (χ0) is 32.8. The van der Waals surface area contributed by atoms with Gasteiger partial charge in [0, 0.05) is 0 Å². The molecule has 10 heteroatoms. The Labute approximate surface area is 257 Å². The SMILES string of the molecule is CC(C)=CCC[C@@](C)(O)[C@H](CC/C(C)=C/CC/C=C(\C)CC/C=C(\C)CC[C@H](OS(C)(=O)=O)C(C)(C)O)OS(C)(=O)=O. The average molecular weight is 635 g/mol. The fourth-order valence-corrected chi connectivity index (χ4v) is 5.93. The predicted octanol–water partition coefficient (Wildman–Crippen LogP) is 6.90. The van der Waals surface area contributed by atoms with Crippen molar-refractivity contribution in [3.63, 3.8) is 0 Å². The normalized spacial score (nSPS) is 17.1. The topological polar surface area (TPSA) is 127 Å². The molecule has 0 aliphatic rings. The first-order valence-electron chi connectivity index (χ1n) is 14.8. The van der Waals surface area contributed by atoms with E-state index in [2.05, 4.69) is 25.2 Å². The molecule has 8 nitrogen and oxygen atoms in total. The van der Waals surface area contributed by atoms with Crippen LogP contribution in [0.25, 0.3) is 0 Å². The molecule has 0 amide bonds. The molecule has 2 N–H and O–H groups in total. The molecule has 246 valence electrons. The summed E-state index contributed by atoms with van der Waals surface area (Å²) in [6, 6.07) is 0. The smallest absolute Gasteiger partial charge is 0.264 e. The second-order valence-electron chi connectivity index (χ2n) is 12.8. The molecule has 0 heterocycles. The van der Waals surface area contributed by atoms with Gasteiger partial charge in [-0.2, -0.15) is 16.8 Å². The lowest BCUT2D eigenvalue weighted by molar-refractivity contribution is -0.0532. The summed E-state index contributed by atoms with van der Waals surface area (Å²) in [4.78, 5) is 0. The van der Waals surface area contributed by atoms with Crippen molar-refractivity contribution in [2.75, 3.05) is 12.5 Å². The summed E-state index contributed by atoms with van der Waals surface area (Å²) < 4.78 is 57.1. The highest BCUT2D eigenvalue weighted by Gasteiger charge is 2.34. The standard InChI is InChI=1S/C32H58O8S2/c1-25(2)15-14-24-32(8,34)30(40-42(10,37)38)23-21-27(4)17-12-11-16-26(3)18-13-19-28(5)20-22-29(31(6,7)33)39-41(9,35)36/h15-17,19,29-30,33-34H,11-14,18,20-24H2,1-10H3/b26-16+,27-17+,28-19+/t29-,30-,32+/m0/s1. The van der Waals surface area contributed by atoms with Gasteiger partial charge in [-0.1, -0.05) is 46.6 Å². The van der Waals surface area contributed by atoms with E-state index in [9.17, 15) is 27.0 Å². The highest BCUT2D eigenvalue weighted by atomic mass is 32.2. The Balaban J connectivity index is 4.81. The minimum atomic E-state index is -3.70. The van der Waals surface area contributed by atoms with Crippen LogP contribution in [0.2, 0.25) is 0 Å². The van der Waals surface area contributed by atoms with Gasteiger partial charge < -0.3 is 10.2 Å². The van der Waals surface area contributed by atoms with Crippen LogP contribution in [0.15, 0.2) is 46.6 Å². The summed E-state index contributed by atoms with van der Waals surface area (Å²) in [5.74, 6) is 0. The van der Waals surface area contributed by atoms with E-state index in [-0.39, 0.29) is 0 Å². The molecule has 0 bridgehead atoms. The van der Waals surface area contributed by atoms with E-state index in [1.807, 2.05) is 33.8 Å². The Morgan fingerprint density at radius 1 is 0.643 bits per heavy atom. The van der Waals surface area contributed by atoms with Gasteiger partial charge in [0.1, 0.15) is 12.2 Å². The van der Waals surface area contributed by atoms with Gasteiger partial charge in [-0.25, -0.2) is 0 Å². The average Bonchev–Trinajstić information content (AvgIpc) is 2.79. The summed E-state index contributed by atoms with van der Waals surface area (Å²) in [6.45, 7) is 14.8. The summed E-state index contributed by atoms with van der Waals surface area (Å²) in [7, 11) is -7.36. The summed E-state index contributed by atoms with van der Waals surface area (Å²) >= 11 is 0. The lowest BCUT2D eigenvalue weighted by atomic mass is 9.89. The van der Waals surface area contributed by atoms with Gasteiger partial charge in [0.2, 0.25) is 0 Å². The molecular weight excluding hydrogens is 576 g/mol. The Morgan fingerprint density at radius 3 is 1.48 bits per heavy atom. The minimum absolute atomic E-state index is 0.411. The summed E-state index contributed by atoms with van der Waals surface area (Å²) in [6.07, 6.45) is 15.7. The molecule has 0 saturated heterocycles. The first-order valence-corrected chi connectivity index (χ1v) is 18.5. The molecule has 0 aromatic rings. The van der Waals surface area contributed by atoms with Gasteiger partial charge in [-0.05, 0) is 120 Å². The maximum absolute atomic E-state index is 11.8. The minimum Gasteiger partial charge on any atom is -0.388 e. The number of aliphatic hydroxyl groups is 2. The van der Waals surface area contributed by atoms with E-state index in [4.69, 9.17) is 8.37 Å². The summed E-state index contributed by atoms with van der Waals surface area (Å²) in [5, 5.41) is 21.2. The molecule has 0 spiro atoms. The lowest BCUT2D eigenvalue weighted by Gasteiger charge is -2.32. The van der Waals surface area contributed by atoms with Crippen LogP contribution in [-0.2, 0) is 28.6 Å². The van der Waals surface area contributed by atoms with Crippen LogP contribution in [0.4, 0.5) is 0 Å². The predicted molar refractivity (Wildman–Crippen MR) is 173 cm³/mol. The van der Waals surface area contributed by atoms with Gasteiger partial charge >= 0.3 is 0 Å². The molecular formula is C32H58O8S2. The molecule has 0 aliphatic carbocycles. The molecule has 0 aromatic carbocycles. The number of hydrogen-bond acceptors (Lipinski definition) is 8. The van der Waals surface area contributed by atoms with E-state index in [0.717, 1.165) is 54.9 Å². The van der Waals surface area contributed by atoms with Gasteiger partial charge in [0.15, 0.2) is 0 Å². The van der Waals surface area contributed by atoms with Crippen LogP contribution in [-0.4, -0.2) is 63.0 Å². The monoisotopic (exact) mass is 634 g/mol. The van der Waals surface area contributed by atoms with Crippen LogP contribution in [0, 0.1) is 0 Å². The van der Waals surface area contributed by atoms with Crippen LogP contribution in [0.5, 0.6) is 0 Å². The van der Waals surface area contributed by atoms with Crippen molar-refractivity contribution < 1.29 is 35.4 Å². The third-order valence-electron chi connectivity index (χ3n) is 7.05. The van der Waals surface area contributed by atoms with Crippen molar-refractivity contribution in [2.45, 2.75) is 143 Å². The van der Waals surface area contributed by atoms with Crippen LogP contribution in [0.3, 0.4) is 0 Å². The zero-order valence-corrected chi connectivity index (χ0v) is 29.3. The highest BCUT2D eigenvalue weighted by molar-refractivity contribution is 7.86. The Morgan fingerprint density at radius 2 is 1.05 bits per heavy atom. The van der Waals surface area contributed by atoms with Crippen LogP contribution >= 0.6 is 0 Å².